The van der Waals surface area contributed by atoms with E-state index in [0.717, 1.165) is 48.2 Å². The normalized spacial score (nSPS) is 18.5. The largest absolute Gasteiger partial charge is 0.441 e. The zero-order valence-electron chi connectivity index (χ0n) is 19.7. The van der Waals surface area contributed by atoms with Crippen molar-refractivity contribution in [2.75, 3.05) is 6.54 Å². The van der Waals surface area contributed by atoms with E-state index in [1.807, 2.05) is 49.1 Å². The van der Waals surface area contributed by atoms with Gasteiger partial charge in [0.15, 0.2) is 11.5 Å². The topological polar surface area (TPSA) is 77.1 Å². The third kappa shape index (κ3) is 4.44. The van der Waals surface area contributed by atoms with Crippen LogP contribution in [0.1, 0.15) is 53.7 Å². The van der Waals surface area contributed by atoms with Crippen LogP contribution < -0.4 is 0 Å². The number of piperidine rings is 1. The van der Waals surface area contributed by atoms with Crippen molar-refractivity contribution in [2.45, 2.75) is 52.5 Å². The number of halogens is 1. The molecule has 0 radical (unpaired) electrons. The number of carbonyl (C=O) groups is 1. The number of amides is 1. The van der Waals surface area contributed by atoms with E-state index in [0.29, 0.717) is 34.5 Å². The van der Waals surface area contributed by atoms with E-state index in [4.69, 9.17) is 16.0 Å². The summed E-state index contributed by atoms with van der Waals surface area (Å²) >= 11 is 6.09. The van der Waals surface area contributed by atoms with Crippen molar-refractivity contribution in [3.05, 3.63) is 70.3 Å². The van der Waals surface area contributed by atoms with Gasteiger partial charge in [0.1, 0.15) is 5.52 Å². The minimum atomic E-state index is 0.0227. The number of hydrogen-bond donors (Lipinski definition) is 0. The highest BCUT2D eigenvalue weighted by atomic mass is 35.5. The van der Waals surface area contributed by atoms with Crippen LogP contribution in [0.25, 0.3) is 16.8 Å². The summed E-state index contributed by atoms with van der Waals surface area (Å²) < 4.78 is 5.93. The Hall–Kier alpha value is -3.19. The highest BCUT2D eigenvalue weighted by Crippen LogP contribution is 2.30. The van der Waals surface area contributed by atoms with Crippen LogP contribution in [0.3, 0.4) is 0 Å². The van der Waals surface area contributed by atoms with E-state index in [1.165, 1.54) is 0 Å². The third-order valence-corrected chi connectivity index (χ3v) is 6.86. The molecular weight excluding hydrogens is 450 g/mol. The highest BCUT2D eigenvalue weighted by Gasteiger charge is 2.33. The second kappa shape index (κ2) is 9.22. The molecule has 34 heavy (non-hydrogen) atoms. The Morgan fingerprint density at radius 2 is 2.06 bits per heavy atom. The van der Waals surface area contributed by atoms with E-state index in [1.54, 1.807) is 17.1 Å². The number of oxazole rings is 1. The minimum Gasteiger partial charge on any atom is -0.441 e. The summed E-state index contributed by atoms with van der Waals surface area (Å²) in [6, 6.07) is 11.4. The molecule has 0 N–H and O–H groups in total. The second-order valence-electron chi connectivity index (χ2n) is 9.24. The highest BCUT2D eigenvalue weighted by molar-refractivity contribution is 6.31. The molecule has 2 atom stereocenters. The molecule has 2 aromatic heterocycles. The summed E-state index contributed by atoms with van der Waals surface area (Å²) in [5.41, 5.74) is 4.67. The van der Waals surface area contributed by atoms with Crippen molar-refractivity contribution in [1.82, 2.24) is 24.9 Å². The lowest BCUT2D eigenvalue weighted by Crippen LogP contribution is -2.48. The molecule has 0 saturated carbocycles. The average molecular weight is 478 g/mol. The third-order valence-electron chi connectivity index (χ3n) is 6.63. The second-order valence-corrected chi connectivity index (χ2v) is 9.68. The van der Waals surface area contributed by atoms with E-state index >= 15 is 0 Å². The van der Waals surface area contributed by atoms with E-state index in [-0.39, 0.29) is 11.9 Å². The van der Waals surface area contributed by atoms with Gasteiger partial charge >= 0.3 is 0 Å². The smallest absolute Gasteiger partial charge is 0.256 e. The number of likely N-dealkylation sites (tertiary alicyclic amines) is 1. The zero-order chi connectivity index (χ0) is 23.8. The fourth-order valence-corrected chi connectivity index (χ4v) is 5.04. The summed E-state index contributed by atoms with van der Waals surface area (Å²) in [6.07, 6.45) is 5.23. The standard InChI is InChI=1S/C26H28ClN5O2/c1-16-6-8-23(32-28-15-18(3)30-32)20(13-16)26(33)31-12-4-5-17(2)22(31)9-11-25-29-21-14-19(27)7-10-24(21)34-25/h6-8,10,13-15,17,22H,4-5,9,11-12H2,1-3H3/t17-,22?/m1/s1. The maximum atomic E-state index is 13.9. The minimum absolute atomic E-state index is 0.0227. The van der Waals surface area contributed by atoms with Gasteiger partial charge in [0, 0.05) is 24.0 Å². The first-order valence-electron chi connectivity index (χ1n) is 11.7. The maximum absolute atomic E-state index is 13.9. The predicted octanol–water partition coefficient (Wildman–Crippen LogP) is 5.55. The van der Waals surface area contributed by atoms with Gasteiger partial charge in [-0.3, -0.25) is 4.79 Å². The molecule has 3 heterocycles. The molecule has 1 aliphatic rings. The Bertz CT molecular complexity index is 1340. The van der Waals surface area contributed by atoms with Crippen molar-refractivity contribution < 1.29 is 9.21 Å². The lowest BCUT2D eigenvalue weighted by atomic mass is 9.87. The average Bonchev–Trinajstić information content (AvgIpc) is 3.43. The molecule has 0 bridgehead atoms. The van der Waals surface area contributed by atoms with Gasteiger partial charge < -0.3 is 9.32 Å². The fourth-order valence-electron chi connectivity index (χ4n) is 4.87. The van der Waals surface area contributed by atoms with Crippen molar-refractivity contribution in [1.29, 1.82) is 0 Å². The molecule has 176 valence electrons. The lowest BCUT2D eigenvalue weighted by molar-refractivity contribution is 0.0495. The number of hydrogen-bond acceptors (Lipinski definition) is 5. The molecule has 1 amide bonds. The molecule has 8 heteroatoms. The van der Waals surface area contributed by atoms with Crippen molar-refractivity contribution in [3.63, 3.8) is 0 Å². The summed E-state index contributed by atoms with van der Waals surface area (Å²) in [4.78, 5) is 22.1. The molecule has 1 saturated heterocycles. The first-order chi connectivity index (χ1) is 16.4. The van der Waals surface area contributed by atoms with Crippen LogP contribution in [0.4, 0.5) is 0 Å². The van der Waals surface area contributed by atoms with Gasteiger partial charge in [-0.15, -0.1) is 0 Å². The SMILES string of the molecule is Cc1ccc(-n2ncc(C)n2)c(C(=O)N2CCC[C@@H](C)C2CCc2nc3cc(Cl)ccc3o2)c1. The van der Waals surface area contributed by atoms with Crippen molar-refractivity contribution in [2.24, 2.45) is 5.92 Å². The first kappa shape index (κ1) is 22.6. The molecule has 7 nitrogen and oxygen atoms in total. The molecule has 1 aliphatic heterocycles. The summed E-state index contributed by atoms with van der Waals surface area (Å²) in [5.74, 6) is 1.08. The first-order valence-corrected chi connectivity index (χ1v) is 12.1. The fraction of sp³-hybridized carbons (Fsp3) is 0.385. The number of carbonyl (C=O) groups excluding carboxylic acids is 1. The molecule has 2 aromatic carbocycles. The molecular formula is C26H28ClN5O2. The van der Waals surface area contributed by atoms with Gasteiger partial charge in [-0.05, 0) is 69.4 Å². The zero-order valence-corrected chi connectivity index (χ0v) is 20.4. The number of rotatable bonds is 5. The Morgan fingerprint density at radius 1 is 1.21 bits per heavy atom. The molecule has 5 rings (SSSR count). The van der Waals surface area contributed by atoms with Crippen LogP contribution in [0.2, 0.25) is 5.02 Å². The van der Waals surface area contributed by atoms with Crippen LogP contribution in [0.15, 0.2) is 47.0 Å². The molecule has 0 aliphatic carbocycles. The Kier molecular flexibility index (Phi) is 6.13. The van der Waals surface area contributed by atoms with Crippen LogP contribution in [-0.4, -0.2) is 43.4 Å². The van der Waals surface area contributed by atoms with E-state index in [2.05, 4.69) is 22.1 Å². The van der Waals surface area contributed by atoms with Gasteiger partial charge in [0.2, 0.25) is 0 Å². The van der Waals surface area contributed by atoms with Crippen LogP contribution >= 0.6 is 11.6 Å². The number of aryl methyl sites for hydroxylation is 3. The van der Waals surface area contributed by atoms with Gasteiger partial charge in [0.05, 0.1) is 23.1 Å². The van der Waals surface area contributed by atoms with E-state index < -0.39 is 0 Å². The molecule has 0 spiro atoms. The van der Waals surface area contributed by atoms with Gasteiger partial charge in [-0.25, -0.2) is 4.98 Å². The molecule has 1 unspecified atom stereocenters. The lowest BCUT2D eigenvalue weighted by Gasteiger charge is -2.40. The van der Waals surface area contributed by atoms with Crippen LogP contribution in [-0.2, 0) is 6.42 Å². The molecule has 4 aromatic rings. The number of benzene rings is 2. The van der Waals surface area contributed by atoms with E-state index in [9.17, 15) is 4.79 Å². The quantitative estimate of drug-likeness (QED) is 0.376. The number of fused-ring (bicyclic) bond motifs is 1. The van der Waals surface area contributed by atoms with Crippen LogP contribution in [0.5, 0.6) is 0 Å². The maximum Gasteiger partial charge on any atom is 0.256 e. The predicted molar refractivity (Wildman–Crippen MR) is 131 cm³/mol. The van der Waals surface area contributed by atoms with Gasteiger partial charge in [-0.2, -0.15) is 15.0 Å². The summed E-state index contributed by atoms with van der Waals surface area (Å²) in [6.45, 7) is 6.85. The van der Waals surface area contributed by atoms with Gasteiger partial charge in [-0.1, -0.05) is 30.2 Å². The van der Waals surface area contributed by atoms with Crippen molar-refractivity contribution in [3.8, 4) is 5.69 Å². The van der Waals surface area contributed by atoms with Crippen LogP contribution in [0, 0.1) is 19.8 Å². The van der Waals surface area contributed by atoms with Crippen molar-refractivity contribution >= 4 is 28.6 Å². The summed E-state index contributed by atoms with van der Waals surface area (Å²) in [7, 11) is 0. The Labute approximate surface area is 203 Å². The Balaban J connectivity index is 1.41. The number of nitrogens with zero attached hydrogens (tertiary/aromatic N) is 5. The summed E-state index contributed by atoms with van der Waals surface area (Å²) in [5, 5.41) is 9.43. The number of aromatic nitrogens is 4. The molecule has 1 fully saturated rings. The monoisotopic (exact) mass is 477 g/mol. The van der Waals surface area contributed by atoms with Gasteiger partial charge in [0.25, 0.3) is 5.91 Å². The Morgan fingerprint density at radius 3 is 2.85 bits per heavy atom.